The van der Waals surface area contributed by atoms with Gasteiger partial charge >= 0.3 is 0 Å². The lowest BCUT2D eigenvalue weighted by Crippen LogP contribution is -2.32. The van der Waals surface area contributed by atoms with Crippen LogP contribution in [0.25, 0.3) is 10.6 Å². The molecular weight excluding hydrogens is 402 g/mol. The highest BCUT2D eigenvalue weighted by Gasteiger charge is 2.16. The van der Waals surface area contributed by atoms with Gasteiger partial charge in [0.1, 0.15) is 5.01 Å². The van der Waals surface area contributed by atoms with Crippen LogP contribution in [0, 0.1) is 6.92 Å². The molecule has 4 nitrogen and oxygen atoms in total. The number of halogens is 1. The Kier molecular flexibility index (Phi) is 5.79. The molecule has 1 N–H and O–H groups in total. The van der Waals surface area contributed by atoms with E-state index in [1.54, 1.807) is 11.3 Å². The lowest BCUT2D eigenvalue weighted by molar-refractivity contribution is -0.119. The molecule has 146 valence electrons. The SMILES string of the molecule is Cc1nc(-c2ccc(Cl)cc2)sc1CC(=O)NC1=CC=CN(c2ccccc2)C1. The van der Waals surface area contributed by atoms with E-state index in [1.807, 2.05) is 79.9 Å². The fourth-order valence-corrected chi connectivity index (χ4v) is 4.30. The van der Waals surface area contributed by atoms with E-state index in [0.29, 0.717) is 18.0 Å². The first-order valence-corrected chi connectivity index (χ1v) is 10.5. The second-order valence-corrected chi connectivity index (χ2v) is 8.28. The Balaban J connectivity index is 1.40. The molecule has 3 aromatic rings. The molecule has 0 saturated heterocycles. The van der Waals surface area contributed by atoms with Crippen molar-refractivity contribution in [1.29, 1.82) is 0 Å². The Morgan fingerprint density at radius 1 is 1.17 bits per heavy atom. The molecule has 1 aliphatic rings. The summed E-state index contributed by atoms with van der Waals surface area (Å²) in [5.41, 5.74) is 3.86. The zero-order valence-electron chi connectivity index (χ0n) is 15.9. The van der Waals surface area contributed by atoms with Gasteiger partial charge in [-0.05, 0) is 43.3 Å². The van der Waals surface area contributed by atoms with Gasteiger partial charge in [-0.2, -0.15) is 0 Å². The number of thiazole rings is 1. The van der Waals surface area contributed by atoms with Gasteiger partial charge < -0.3 is 10.2 Å². The molecule has 6 heteroatoms. The number of carbonyl (C=O) groups excluding carboxylic acids is 1. The minimum absolute atomic E-state index is 0.0334. The lowest BCUT2D eigenvalue weighted by Gasteiger charge is -2.25. The highest BCUT2D eigenvalue weighted by Crippen LogP contribution is 2.29. The van der Waals surface area contributed by atoms with Gasteiger partial charge in [0, 0.05) is 33.0 Å². The normalized spacial score (nSPS) is 13.3. The van der Waals surface area contributed by atoms with Gasteiger partial charge in [-0.25, -0.2) is 4.98 Å². The molecule has 0 unspecified atom stereocenters. The number of carbonyl (C=O) groups is 1. The van der Waals surface area contributed by atoms with Crippen LogP contribution in [-0.4, -0.2) is 17.4 Å². The summed E-state index contributed by atoms with van der Waals surface area (Å²) in [4.78, 5) is 20.3. The summed E-state index contributed by atoms with van der Waals surface area (Å²) < 4.78 is 0. The summed E-state index contributed by atoms with van der Waals surface area (Å²) in [5.74, 6) is -0.0334. The first-order chi connectivity index (χ1) is 14.1. The maximum atomic E-state index is 12.6. The molecule has 29 heavy (non-hydrogen) atoms. The van der Waals surface area contributed by atoms with E-state index in [4.69, 9.17) is 11.6 Å². The average Bonchev–Trinajstić information content (AvgIpc) is 3.09. The number of hydrogen-bond acceptors (Lipinski definition) is 4. The molecule has 0 aliphatic carbocycles. The predicted octanol–water partition coefficient (Wildman–Crippen LogP) is 5.35. The average molecular weight is 422 g/mol. The van der Waals surface area contributed by atoms with Crippen LogP contribution in [0.5, 0.6) is 0 Å². The van der Waals surface area contributed by atoms with Gasteiger partial charge in [0.25, 0.3) is 0 Å². The number of aryl methyl sites for hydroxylation is 1. The van der Waals surface area contributed by atoms with Crippen molar-refractivity contribution in [2.45, 2.75) is 13.3 Å². The summed E-state index contributed by atoms with van der Waals surface area (Å²) in [6.07, 6.45) is 6.21. The standard InChI is InChI=1S/C23H20ClN3OS/c1-16-21(29-23(25-16)17-9-11-18(24)12-10-17)14-22(28)26-19-6-5-13-27(15-19)20-7-3-2-4-8-20/h2-13H,14-15H2,1H3,(H,26,28). The number of amides is 1. The van der Waals surface area contributed by atoms with Crippen LogP contribution in [0.4, 0.5) is 5.69 Å². The van der Waals surface area contributed by atoms with Gasteiger partial charge in [0.2, 0.25) is 5.91 Å². The topological polar surface area (TPSA) is 45.2 Å². The molecule has 0 fully saturated rings. The van der Waals surface area contributed by atoms with Crippen molar-refractivity contribution in [3.05, 3.63) is 94.2 Å². The number of anilines is 1. The van der Waals surface area contributed by atoms with Gasteiger partial charge in [0.15, 0.2) is 0 Å². The van der Waals surface area contributed by atoms with Crippen molar-refractivity contribution in [2.24, 2.45) is 0 Å². The van der Waals surface area contributed by atoms with Gasteiger partial charge in [0.05, 0.1) is 18.7 Å². The van der Waals surface area contributed by atoms with Crippen LogP contribution < -0.4 is 10.2 Å². The molecule has 4 rings (SSSR count). The van der Waals surface area contributed by atoms with Crippen LogP contribution in [0.2, 0.25) is 5.02 Å². The highest BCUT2D eigenvalue weighted by molar-refractivity contribution is 7.15. The zero-order chi connectivity index (χ0) is 20.2. The van der Waals surface area contributed by atoms with Crippen molar-refractivity contribution in [2.75, 3.05) is 11.4 Å². The van der Waals surface area contributed by atoms with Crippen molar-refractivity contribution in [3.63, 3.8) is 0 Å². The number of nitrogens with one attached hydrogen (secondary N) is 1. The van der Waals surface area contributed by atoms with Gasteiger partial charge in [-0.15, -0.1) is 11.3 Å². The number of nitrogens with zero attached hydrogens (tertiary/aromatic N) is 2. The number of aromatic nitrogens is 1. The maximum Gasteiger partial charge on any atom is 0.229 e. The Bertz CT molecular complexity index is 1070. The van der Waals surface area contributed by atoms with E-state index < -0.39 is 0 Å². The summed E-state index contributed by atoms with van der Waals surface area (Å²) in [6, 6.07) is 17.7. The quantitative estimate of drug-likeness (QED) is 0.604. The van der Waals surface area contributed by atoms with Crippen LogP contribution in [0.15, 0.2) is 78.6 Å². The summed E-state index contributed by atoms with van der Waals surface area (Å²) in [6.45, 7) is 2.57. The number of allylic oxidation sites excluding steroid dienone is 2. The number of rotatable bonds is 5. The Morgan fingerprint density at radius 3 is 2.69 bits per heavy atom. The maximum absolute atomic E-state index is 12.6. The predicted molar refractivity (Wildman–Crippen MR) is 120 cm³/mol. The third-order valence-electron chi connectivity index (χ3n) is 4.60. The van der Waals surface area contributed by atoms with Crippen molar-refractivity contribution >= 4 is 34.5 Å². The number of hydrogen-bond donors (Lipinski definition) is 1. The monoisotopic (exact) mass is 421 g/mol. The Morgan fingerprint density at radius 2 is 1.93 bits per heavy atom. The highest BCUT2D eigenvalue weighted by atomic mass is 35.5. The van der Waals surface area contributed by atoms with Crippen LogP contribution in [-0.2, 0) is 11.2 Å². The molecule has 0 saturated carbocycles. The molecule has 0 radical (unpaired) electrons. The van der Waals surface area contributed by atoms with Crippen LogP contribution >= 0.6 is 22.9 Å². The van der Waals surface area contributed by atoms with E-state index >= 15 is 0 Å². The van der Waals surface area contributed by atoms with Gasteiger partial charge in [-0.1, -0.05) is 41.9 Å². The van der Waals surface area contributed by atoms with Crippen LogP contribution in [0.1, 0.15) is 10.6 Å². The Hall–Kier alpha value is -2.89. The third-order valence-corrected chi connectivity index (χ3v) is 6.06. The number of para-hydroxylation sites is 1. The smallest absolute Gasteiger partial charge is 0.229 e. The van der Waals surface area contributed by atoms with Crippen molar-refractivity contribution < 1.29 is 4.79 Å². The fourth-order valence-electron chi connectivity index (χ4n) is 3.11. The van der Waals surface area contributed by atoms with Crippen molar-refractivity contribution in [1.82, 2.24) is 10.3 Å². The Labute approximate surface area is 179 Å². The zero-order valence-corrected chi connectivity index (χ0v) is 17.5. The fraction of sp³-hybridized carbons (Fsp3) is 0.130. The summed E-state index contributed by atoms with van der Waals surface area (Å²) in [7, 11) is 0. The summed E-state index contributed by atoms with van der Waals surface area (Å²) in [5, 5.41) is 4.64. The second-order valence-electron chi connectivity index (χ2n) is 6.76. The minimum Gasteiger partial charge on any atom is -0.342 e. The van der Waals surface area contributed by atoms with Crippen molar-refractivity contribution in [3.8, 4) is 10.6 Å². The molecule has 2 heterocycles. The molecule has 0 bridgehead atoms. The van der Waals surface area contributed by atoms with E-state index in [9.17, 15) is 4.79 Å². The molecule has 1 amide bonds. The third kappa shape index (κ3) is 4.75. The van der Waals surface area contributed by atoms with Gasteiger partial charge in [-0.3, -0.25) is 4.79 Å². The first-order valence-electron chi connectivity index (χ1n) is 9.29. The molecule has 1 aromatic heterocycles. The van der Waals surface area contributed by atoms with E-state index in [-0.39, 0.29) is 5.91 Å². The second kappa shape index (κ2) is 8.64. The van der Waals surface area contributed by atoms with E-state index in [2.05, 4.69) is 15.2 Å². The largest absolute Gasteiger partial charge is 0.342 e. The molecule has 0 atom stereocenters. The minimum atomic E-state index is -0.0334. The van der Waals surface area contributed by atoms with Crippen LogP contribution in [0.3, 0.4) is 0 Å². The lowest BCUT2D eigenvalue weighted by atomic mass is 10.2. The number of benzene rings is 2. The molecule has 1 aliphatic heterocycles. The van der Waals surface area contributed by atoms with E-state index in [0.717, 1.165) is 32.5 Å². The molecular formula is C23H20ClN3OS. The molecule has 2 aromatic carbocycles. The summed E-state index contributed by atoms with van der Waals surface area (Å²) >= 11 is 7.51. The van der Waals surface area contributed by atoms with E-state index in [1.165, 1.54) is 0 Å². The first kappa shape index (κ1) is 19.4. The molecule has 0 spiro atoms.